The van der Waals surface area contributed by atoms with Gasteiger partial charge in [-0.2, -0.15) is 0 Å². The van der Waals surface area contributed by atoms with Crippen molar-refractivity contribution in [2.45, 2.75) is 37.1 Å². The maximum Gasteiger partial charge on any atom is 0.254 e. The van der Waals surface area contributed by atoms with Crippen LogP contribution in [0.15, 0.2) is 23.1 Å². The second kappa shape index (κ2) is 5.08. The van der Waals surface area contributed by atoms with Gasteiger partial charge in [0.2, 0.25) is 0 Å². The Balaban J connectivity index is 2.00. The summed E-state index contributed by atoms with van der Waals surface area (Å²) >= 11 is 4.11. The first-order valence-corrected chi connectivity index (χ1v) is 6.30. The van der Waals surface area contributed by atoms with Crippen LogP contribution in [-0.4, -0.2) is 11.9 Å². The quantitative estimate of drug-likeness (QED) is 0.793. The maximum absolute atomic E-state index is 13.5. The number of hydrogen-bond acceptors (Lipinski definition) is 2. The molecule has 1 atom stereocenters. The van der Waals surface area contributed by atoms with Gasteiger partial charge in [0, 0.05) is 10.9 Å². The van der Waals surface area contributed by atoms with Crippen LogP contribution in [0.25, 0.3) is 0 Å². The van der Waals surface area contributed by atoms with Crippen molar-refractivity contribution in [3.05, 3.63) is 29.6 Å². The predicted molar refractivity (Wildman–Crippen MR) is 67.9 cm³/mol. The Morgan fingerprint density at radius 1 is 1.59 bits per heavy atom. The summed E-state index contributed by atoms with van der Waals surface area (Å²) in [4.78, 5) is 12.4. The molecule has 1 amide bonds. The summed E-state index contributed by atoms with van der Waals surface area (Å²) in [6, 6.07) is 4.35. The Kier molecular flexibility index (Phi) is 3.72. The number of halogens is 1. The predicted octanol–water partition coefficient (Wildman–Crippen LogP) is 3.03. The van der Waals surface area contributed by atoms with Crippen LogP contribution in [0.3, 0.4) is 0 Å². The molecule has 1 aliphatic rings. The first-order chi connectivity index (χ1) is 8.06. The molecule has 1 aromatic rings. The summed E-state index contributed by atoms with van der Waals surface area (Å²) in [5.74, 6) is -0.114. The second-order valence-electron chi connectivity index (χ2n) is 4.72. The molecule has 2 rings (SSSR count). The smallest absolute Gasteiger partial charge is 0.254 e. The van der Waals surface area contributed by atoms with Gasteiger partial charge in [0.25, 0.3) is 5.91 Å². The van der Waals surface area contributed by atoms with E-state index < -0.39 is 5.82 Å². The van der Waals surface area contributed by atoms with Crippen LogP contribution in [0, 0.1) is 11.7 Å². The molecule has 1 unspecified atom stereocenters. The zero-order chi connectivity index (χ0) is 12.4. The van der Waals surface area contributed by atoms with E-state index in [9.17, 15) is 9.18 Å². The fourth-order valence-corrected chi connectivity index (χ4v) is 2.10. The second-order valence-corrected chi connectivity index (χ2v) is 5.23. The number of hydrogen-bond donors (Lipinski definition) is 2. The van der Waals surface area contributed by atoms with Crippen molar-refractivity contribution in [3.8, 4) is 0 Å². The molecule has 0 aromatic heterocycles. The third-order valence-electron chi connectivity index (χ3n) is 2.96. The molecule has 4 heteroatoms. The third kappa shape index (κ3) is 3.46. The molecule has 1 aliphatic carbocycles. The monoisotopic (exact) mass is 253 g/mol. The summed E-state index contributed by atoms with van der Waals surface area (Å²) < 4.78 is 13.5. The molecule has 0 radical (unpaired) electrons. The van der Waals surface area contributed by atoms with Gasteiger partial charge in [-0.3, -0.25) is 4.79 Å². The number of nitrogens with one attached hydrogen (secondary N) is 1. The number of benzene rings is 1. The van der Waals surface area contributed by atoms with Crippen molar-refractivity contribution in [1.29, 1.82) is 0 Å². The zero-order valence-electron chi connectivity index (χ0n) is 9.74. The van der Waals surface area contributed by atoms with Crippen LogP contribution in [0.4, 0.5) is 4.39 Å². The van der Waals surface area contributed by atoms with Crippen molar-refractivity contribution in [2.24, 2.45) is 5.92 Å². The van der Waals surface area contributed by atoms with E-state index in [1.165, 1.54) is 31.0 Å². The first kappa shape index (κ1) is 12.4. The molecule has 92 valence electrons. The number of carbonyl (C=O) groups excluding carboxylic acids is 1. The van der Waals surface area contributed by atoms with Gasteiger partial charge in [-0.05, 0) is 37.5 Å². The van der Waals surface area contributed by atoms with E-state index in [1.807, 2.05) is 6.92 Å². The average molecular weight is 253 g/mol. The van der Waals surface area contributed by atoms with Crippen LogP contribution in [0.1, 0.15) is 36.5 Å². The van der Waals surface area contributed by atoms with Gasteiger partial charge in [-0.25, -0.2) is 4.39 Å². The van der Waals surface area contributed by atoms with Gasteiger partial charge < -0.3 is 5.32 Å². The summed E-state index contributed by atoms with van der Waals surface area (Å²) in [6.45, 7) is 1.96. The molecule has 1 saturated carbocycles. The SMILES string of the molecule is CC(CC1CC1)NC(=O)c1cc(S)ccc1F. The van der Waals surface area contributed by atoms with Crippen LogP contribution >= 0.6 is 12.6 Å². The van der Waals surface area contributed by atoms with Crippen molar-refractivity contribution < 1.29 is 9.18 Å². The molecule has 0 aliphatic heterocycles. The lowest BCUT2D eigenvalue weighted by atomic mass is 10.1. The standard InChI is InChI=1S/C13H16FNOS/c1-8(6-9-2-3-9)15-13(16)11-7-10(17)4-5-12(11)14/h4-5,7-9,17H,2-3,6H2,1H3,(H,15,16). The zero-order valence-corrected chi connectivity index (χ0v) is 10.6. The Bertz CT molecular complexity index is 431. The Morgan fingerprint density at radius 2 is 2.29 bits per heavy atom. The minimum Gasteiger partial charge on any atom is -0.349 e. The topological polar surface area (TPSA) is 29.1 Å². The Hall–Kier alpha value is -1.03. The van der Waals surface area contributed by atoms with Gasteiger partial charge >= 0.3 is 0 Å². The van der Waals surface area contributed by atoms with Crippen LogP contribution < -0.4 is 5.32 Å². The van der Waals surface area contributed by atoms with E-state index in [1.54, 1.807) is 0 Å². The van der Waals surface area contributed by atoms with E-state index in [0.29, 0.717) is 4.90 Å². The van der Waals surface area contributed by atoms with Gasteiger partial charge in [-0.15, -0.1) is 12.6 Å². The highest BCUT2D eigenvalue weighted by Gasteiger charge is 2.24. The van der Waals surface area contributed by atoms with Crippen molar-refractivity contribution in [3.63, 3.8) is 0 Å². The molecule has 1 aromatic carbocycles. The summed E-state index contributed by atoms with van der Waals surface area (Å²) in [6.07, 6.45) is 3.48. The minimum atomic E-state index is -0.501. The van der Waals surface area contributed by atoms with E-state index in [0.717, 1.165) is 12.3 Å². The third-order valence-corrected chi connectivity index (χ3v) is 3.23. The van der Waals surface area contributed by atoms with Crippen molar-refractivity contribution in [2.75, 3.05) is 0 Å². The van der Waals surface area contributed by atoms with Crippen molar-refractivity contribution in [1.82, 2.24) is 5.32 Å². The van der Waals surface area contributed by atoms with Gasteiger partial charge in [0.1, 0.15) is 5.82 Å². The summed E-state index contributed by atoms with van der Waals surface area (Å²) in [5.41, 5.74) is 0.0696. The summed E-state index contributed by atoms with van der Waals surface area (Å²) in [7, 11) is 0. The fraction of sp³-hybridized carbons (Fsp3) is 0.462. The van der Waals surface area contributed by atoms with E-state index in [4.69, 9.17) is 0 Å². The number of thiol groups is 1. The first-order valence-electron chi connectivity index (χ1n) is 5.85. The number of rotatable bonds is 4. The van der Waals surface area contributed by atoms with Crippen LogP contribution in [-0.2, 0) is 0 Å². The minimum absolute atomic E-state index is 0.0696. The number of carbonyl (C=O) groups is 1. The fourth-order valence-electron chi connectivity index (χ4n) is 1.90. The highest BCUT2D eigenvalue weighted by Crippen LogP contribution is 2.33. The van der Waals surface area contributed by atoms with Crippen molar-refractivity contribution >= 4 is 18.5 Å². The van der Waals surface area contributed by atoms with Crippen LogP contribution in [0.2, 0.25) is 0 Å². The Morgan fingerprint density at radius 3 is 2.94 bits per heavy atom. The van der Waals surface area contributed by atoms with E-state index in [2.05, 4.69) is 17.9 Å². The molecule has 0 bridgehead atoms. The molecule has 0 spiro atoms. The molecule has 0 saturated heterocycles. The molecular formula is C13H16FNOS. The summed E-state index contributed by atoms with van der Waals surface area (Å²) in [5, 5.41) is 2.82. The largest absolute Gasteiger partial charge is 0.349 e. The van der Waals surface area contributed by atoms with E-state index in [-0.39, 0.29) is 17.5 Å². The average Bonchev–Trinajstić information content (AvgIpc) is 3.05. The molecule has 1 fully saturated rings. The van der Waals surface area contributed by atoms with Gasteiger partial charge in [0.15, 0.2) is 0 Å². The normalized spacial score (nSPS) is 16.6. The maximum atomic E-state index is 13.5. The molecule has 17 heavy (non-hydrogen) atoms. The van der Waals surface area contributed by atoms with Gasteiger partial charge in [0.05, 0.1) is 5.56 Å². The lowest BCUT2D eigenvalue weighted by Crippen LogP contribution is -2.33. The molecule has 0 heterocycles. The molecular weight excluding hydrogens is 237 g/mol. The lowest BCUT2D eigenvalue weighted by Gasteiger charge is -2.13. The highest BCUT2D eigenvalue weighted by atomic mass is 32.1. The highest BCUT2D eigenvalue weighted by molar-refractivity contribution is 7.80. The van der Waals surface area contributed by atoms with Gasteiger partial charge in [-0.1, -0.05) is 12.8 Å². The van der Waals surface area contributed by atoms with E-state index >= 15 is 0 Å². The number of amides is 1. The van der Waals surface area contributed by atoms with Crippen LogP contribution in [0.5, 0.6) is 0 Å². The molecule has 2 nitrogen and oxygen atoms in total. The molecule has 1 N–H and O–H groups in total. The lowest BCUT2D eigenvalue weighted by molar-refractivity contribution is 0.0933. The Labute approximate surface area is 106 Å².